The number of piperidine rings is 1. The molecule has 3 amide bonds. The van der Waals surface area contributed by atoms with Gasteiger partial charge in [-0.1, -0.05) is 0 Å². The van der Waals surface area contributed by atoms with Gasteiger partial charge in [0, 0.05) is 29.7 Å². The molecule has 2 aliphatic rings. The van der Waals surface area contributed by atoms with Gasteiger partial charge in [-0.2, -0.15) is 0 Å². The van der Waals surface area contributed by atoms with Crippen molar-refractivity contribution in [3.05, 3.63) is 34.9 Å². The maximum absolute atomic E-state index is 12.7. The topological polar surface area (TPSA) is 78.5 Å². The SMILES string of the molecule is CN1C(=O)c2ccc(C(=O)NC3CC(C)(C)NC(C)(C)C3)cc2C1=O. The van der Waals surface area contributed by atoms with Crippen molar-refractivity contribution < 1.29 is 14.4 Å². The Hall–Kier alpha value is -2.21. The molecule has 0 aliphatic carbocycles. The van der Waals surface area contributed by atoms with Gasteiger partial charge in [0.05, 0.1) is 11.1 Å². The summed E-state index contributed by atoms with van der Waals surface area (Å²) in [6, 6.07) is 4.73. The molecule has 1 fully saturated rings. The monoisotopic (exact) mass is 343 g/mol. The lowest BCUT2D eigenvalue weighted by Gasteiger charge is -2.46. The van der Waals surface area contributed by atoms with E-state index in [2.05, 4.69) is 38.3 Å². The van der Waals surface area contributed by atoms with E-state index in [0.29, 0.717) is 16.7 Å². The van der Waals surface area contributed by atoms with Crippen LogP contribution in [0.5, 0.6) is 0 Å². The first-order valence-corrected chi connectivity index (χ1v) is 8.56. The molecule has 2 N–H and O–H groups in total. The van der Waals surface area contributed by atoms with Crippen LogP contribution in [0.1, 0.15) is 71.6 Å². The number of hydrogen-bond donors (Lipinski definition) is 2. The van der Waals surface area contributed by atoms with Gasteiger partial charge in [-0.15, -0.1) is 0 Å². The fourth-order valence-electron chi connectivity index (χ4n) is 4.20. The van der Waals surface area contributed by atoms with E-state index >= 15 is 0 Å². The maximum Gasteiger partial charge on any atom is 0.261 e. The third-order valence-electron chi connectivity index (χ3n) is 4.88. The second-order valence-electron chi connectivity index (χ2n) is 8.40. The minimum absolute atomic E-state index is 0.0482. The summed E-state index contributed by atoms with van der Waals surface area (Å²) >= 11 is 0. The van der Waals surface area contributed by atoms with Crippen molar-refractivity contribution in [2.24, 2.45) is 0 Å². The van der Waals surface area contributed by atoms with Gasteiger partial charge < -0.3 is 10.6 Å². The van der Waals surface area contributed by atoms with Crippen LogP contribution in [0.2, 0.25) is 0 Å². The van der Waals surface area contributed by atoms with Gasteiger partial charge in [-0.05, 0) is 58.7 Å². The summed E-state index contributed by atoms with van der Waals surface area (Å²) < 4.78 is 0. The average molecular weight is 343 g/mol. The van der Waals surface area contributed by atoms with Crippen LogP contribution in [0, 0.1) is 0 Å². The summed E-state index contributed by atoms with van der Waals surface area (Å²) in [6.45, 7) is 8.51. The maximum atomic E-state index is 12.7. The van der Waals surface area contributed by atoms with Crippen LogP contribution in [-0.4, -0.2) is 46.8 Å². The third-order valence-corrected chi connectivity index (χ3v) is 4.88. The van der Waals surface area contributed by atoms with Crippen LogP contribution in [0.25, 0.3) is 0 Å². The van der Waals surface area contributed by atoms with Gasteiger partial charge in [-0.25, -0.2) is 0 Å². The number of carbonyl (C=O) groups excluding carboxylic acids is 3. The zero-order chi connectivity index (χ0) is 18.6. The highest BCUT2D eigenvalue weighted by molar-refractivity contribution is 6.21. The largest absolute Gasteiger partial charge is 0.349 e. The van der Waals surface area contributed by atoms with Crippen molar-refractivity contribution in [1.82, 2.24) is 15.5 Å². The predicted molar refractivity (Wildman–Crippen MR) is 94.6 cm³/mol. The van der Waals surface area contributed by atoms with E-state index in [0.717, 1.165) is 17.7 Å². The minimum atomic E-state index is -0.362. The van der Waals surface area contributed by atoms with Crippen molar-refractivity contribution in [2.75, 3.05) is 7.05 Å². The first-order chi connectivity index (χ1) is 11.5. The van der Waals surface area contributed by atoms with Crippen molar-refractivity contribution >= 4 is 17.7 Å². The Bertz CT molecular complexity index is 751. The summed E-state index contributed by atoms with van der Waals surface area (Å²) in [5.74, 6) is -0.899. The van der Waals surface area contributed by atoms with Gasteiger partial charge in [0.2, 0.25) is 0 Å². The molecule has 6 nitrogen and oxygen atoms in total. The van der Waals surface area contributed by atoms with Gasteiger partial charge in [0.25, 0.3) is 17.7 Å². The summed E-state index contributed by atoms with van der Waals surface area (Å²) in [6.07, 6.45) is 1.65. The molecule has 1 aromatic carbocycles. The second-order valence-corrected chi connectivity index (χ2v) is 8.40. The normalized spacial score (nSPS) is 22.0. The lowest BCUT2D eigenvalue weighted by atomic mass is 9.79. The zero-order valence-electron chi connectivity index (χ0n) is 15.4. The lowest BCUT2D eigenvalue weighted by molar-refractivity contribution is 0.0692. The zero-order valence-corrected chi connectivity index (χ0v) is 15.4. The molecule has 0 bridgehead atoms. The van der Waals surface area contributed by atoms with Gasteiger partial charge >= 0.3 is 0 Å². The number of carbonyl (C=O) groups is 3. The average Bonchev–Trinajstić information content (AvgIpc) is 2.68. The quantitative estimate of drug-likeness (QED) is 0.805. The van der Waals surface area contributed by atoms with Gasteiger partial charge in [0.15, 0.2) is 0 Å². The molecule has 25 heavy (non-hydrogen) atoms. The van der Waals surface area contributed by atoms with E-state index in [-0.39, 0.29) is 34.8 Å². The Morgan fingerprint density at radius 2 is 1.64 bits per heavy atom. The van der Waals surface area contributed by atoms with Crippen LogP contribution in [0.3, 0.4) is 0 Å². The number of nitrogens with one attached hydrogen (secondary N) is 2. The standard InChI is InChI=1S/C19H25N3O3/c1-18(2)9-12(10-19(3,4)21-18)20-15(23)11-6-7-13-14(8-11)17(25)22(5)16(13)24/h6-8,12,21H,9-10H2,1-5H3,(H,20,23). The number of hydrogen-bond acceptors (Lipinski definition) is 4. The van der Waals surface area contributed by atoms with E-state index in [1.807, 2.05) is 0 Å². The molecule has 3 rings (SSSR count). The number of benzene rings is 1. The Labute approximate surface area is 148 Å². The fraction of sp³-hybridized carbons (Fsp3) is 0.526. The number of rotatable bonds is 2. The van der Waals surface area contributed by atoms with Crippen LogP contribution in [-0.2, 0) is 0 Å². The van der Waals surface area contributed by atoms with Crippen molar-refractivity contribution in [3.8, 4) is 0 Å². The number of fused-ring (bicyclic) bond motifs is 1. The molecule has 1 saturated heterocycles. The molecule has 2 aliphatic heterocycles. The number of nitrogens with zero attached hydrogens (tertiary/aromatic N) is 1. The molecule has 0 radical (unpaired) electrons. The van der Waals surface area contributed by atoms with Crippen LogP contribution < -0.4 is 10.6 Å². The first kappa shape index (κ1) is 17.6. The Kier molecular flexibility index (Phi) is 3.99. The van der Waals surface area contributed by atoms with E-state index in [1.54, 1.807) is 12.1 Å². The minimum Gasteiger partial charge on any atom is -0.349 e. The number of imide groups is 1. The smallest absolute Gasteiger partial charge is 0.261 e. The van der Waals surface area contributed by atoms with E-state index in [4.69, 9.17) is 0 Å². The van der Waals surface area contributed by atoms with Gasteiger partial charge in [-0.3, -0.25) is 19.3 Å². The summed E-state index contributed by atoms with van der Waals surface area (Å²) in [7, 11) is 1.45. The van der Waals surface area contributed by atoms with Crippen LogP contribution in [0.4, 0.5) is 0 Å². The lowest BCUT2D eigenvalue weighted by Crippen LogP contribution is -2.62. The van der Waals surface area contributed by atoms with Gasteiger partial charge in [0.1, 0.15) is 0 Å². The van der Waals surface area contributed by atoms with Crippen molar-refractivity contribution in [2.45, 2.75) is 57.7 Å². The molecule has 1 aromatic rings. The molecular formula is C19H25N3O3. The molecule has 0 atom stereocenters. The Morgan fingerprint density at radius 1 is 1.08 bits per heavy atom. The Balaban J connectivity index is 1.79. The van der Waals surface area contributed by atoms with E-state index < -0.39 is 0 Å². The molecule has 0 spiro atoms. The molecule has 6 heteroatoms. The molecule has 0 saturated carbocycles. The number of amides is 3. The van der Waals surface area contributed by atoms with Crippen LogP contribution >= 0.6 is 0 Å². The van der Waals surface area contributed by atoms with E-state index in [9.17, 15) is 14.4 Å². The van der Waals surface area contributed by atoms with Crippen molar-refractivity contribution in [1.29, 1.82) is 0 Å². The highest BCUT2D eigenvalue weighted by Gasteiger charge is 2.38. The highest BCUT2D eigenvalue weighted by Crippen LogP contribution is 2.29. The highest BCUT2D eigenvalue weighted by atomic mass is 16.2. The van der Waals surface area contributed by atoms with Crippen LogP contribution in [0.15, 0.2) is 18.2 Å². The summed E-state index contributed by atoms with van der Waals surface area (Å²) in [5, 5.41) is 6.67. The first-order valence-electron chi connectivity index (χ1n) is 8.56. The van der Waals surface area contributed by atoms with E-state index in [1.165, 1.54) is 13.1 Å². The Morgan fingerprint density at radius 3 is 2.24 bits per heavy atom. The third kappa shape index (κ3) is 3.31. The molecule has 2 heterocycles. The fourth-order valence-corrected chi connectivity index (χ4v) is 4.20. The summed E-state index contributed by atoms with van der Waals surface area (Å²) in [5.41, 5.74) is 0.925. The summed E-state index contributed by atoms with van der Waals surface area (Å²) in [4.78, 5) is 37.8. The second kappa shape index (κ2) is 5.66. The molecular weight excluding hydrogens is 318 g/mol. The molecule has 0 unspecified atom stereocenters. The van der Waals surface area contributed by atoms with Crippen molar-refractivity contribution in [3.63, 3.8) is 0 Å². The molecule has 0 aromatic heterocycles. The molecule has 134 valence electrons. The predicted octanol–water partition coefficient (Wildman–Crippen LogP) is 1.95.